The fourth-order valence-corrected chi connectivity index (χ4v) is 2.69. The summed E-state index contributed by atoms with van der Waals surface area (Å²) in [6, 6.07) is 15.3. The second-order valence-electron chi connectivity index (χ2n) is 5.93. The van der Waals surface area contributed by atoms with Gasteiger partial charge in [0.15, 0.2) is 0 Å². The predicted molar refractivity (Wildman–Crippen MR) is 102 cm³/mol. The third-order valence-electron chi connectivity index (χ3n) is 4.06. The molecule has 2 N–H and O–H groups in total. The molecule has 0 radical (unpaired) electrons. The number of methoxy groups -OCH3 is 1. The number of hydrogen-bond donors (Lipinski definition) is 2. The first-order valence-electron chi connectivity index (χ1n) is 8.44. The molecule has 0 saturated heterocycles. The Hall–Kier alpha value is -3.28. The first-order chi connectivity index (χ1) is 12.7. The third-order valence-corrected chi connectivity index (χ3v) is 4.06. The lowest BCUT2D eigenvalue weighted by atomic mass is 10.1. The molecule has 0 spiro atoms. The average molecular weight is 350 g/mol. The molecular formula is C20H22N4O2. The summed E-state index contributed by atoms with van der Waals surface area (Å²) >= 11 is 0. The molecule has 0 fully saturated rings. The van der Waals surface area contributed by atoms with Gasteiger partial charge in [-0.3, -0.25) is 0 Å². The number of nitrogens with one attached hydrogen (secondary N) is 2. The zero-order valence-electron chi connectivity index (χ0n) is 14.9. The summed E-state index contributed by atoms with van der Waals surface area (Å²) in [6.07, 6.45) is 4.41. The lowest BCUT2D eigenvalue weighted by Crippen LogP contribution is -2.30. The minimum atomic E-state index is -0.220. The van der Waals surface area contributed by atoms with E-state index < -0.39 is 0 Å². The maximum absolute atomic E-state index is 12.0. The molecule has 3 aromatic rings. The molecule has 0 atom stereocenters. The van der Waals surface area contributed by atoms with Gasteiger partial charge in [-0.1, -0.05) is 12.1 Å². The minimum absolute atomic E-state index is 0.220. The van der Waals surface area contributed by atoms with E-state index >= 15 is 0 Å². The van der Waals surface area contributed by atoms with Gasteiger partial charge in [0.2, 0.25) is 0 Å². The van der Waals surface area contributed by atoms with Crippen molar-refractivity contribution in [3.05, 3.63) is 72.1 Å². The molecule has 0 bridgehead atoms. The predicted octanol–water partition coefficient (Wildman–Crippen LogP) is 3.55. The zero-order valence-corrected chi connectivity index (χ0v) is 14.9. The number of carbonyl (C=O) groups is 1. The number of benzene rings is 2. The lowest BCUT2D eigenvalue weighted by molar-refractivity contribution is 0.252. The molecule has 6 nitrogen and oxygen atoms in total. The zero-order chi connectivity index (χ0) is 18.4. The maximum atomic E-state index is 12.0. The summed E-state index contributed by atoms with van der Waals surface area (Å²) in [4.78, 5) is 12.0. The Balaban J connectivity index is 1.47. The monoisotopic (exact) mass is 350 g/mol. The van der Waals surface area contributed by atoms with Crippen molar-refractivity contribution in [3.8, 4) is 11.4 Å². The van der Waals surface area contributed by atoms with Crippen LogP contribution in [0.1, 0.15) is 11.1 Å². The van der Waals surface area contributed by atoms with Crippen LogP contribution in [0.2, 0.25) is 0 Å². The van der Waals surface area contributed by atoms with E-state index in [-0.39, 0.29) is 6.03 Å². The van der Waals surface area contributed by atoms with Gasteiger partial charge in [-0.25, -0.2) is 9.48 Å². The number of nitrogens with zero attached hydrogens (tertiary/aromatic N) is 2. The van der Waals surface area contributed by atoms with E-state index in [0.29, 0.717) is 6.54 Å². The SMILES string of the molecule is COc1ccc(NC(=O)NCCc2ccc(-n3cccn3)cc2)cc1C. The van der Waals surface area contributed by atoms with Gasteiger partial charge >= 0.3 is 6.03 Å². The fourth-order valence-electron chi connectivity index (χ4n) is 2.69. The van der Waals surface area contributed by atoms with E-state index in [9.17, 15) is 4.79 Å². The maximum Gasteiger partial charge on any atom is 0.319 e. The van der Waals surface area contributed by atoms with Gasteiger partial charge in [0.1, 0.15) is 5.75 Å². The standard InChI is InChI=1S/C20H22N4O2/c1-15-14-17(6-9-19(15)26-2)23-20(25)21-12-10-16-4-7-18(8-5-16)24-13-3-11-22-24/h3-9,11,13-14H,10,12H2,1-2H3,(H2,21,23,25). The minimum Gasteiger partial charge on any atom is -0.496 e. The highest BCUT2D eigenvalue weighted by molar-refractivity contribution is 5.89. The number of amides is 2. The van der Waals surface area contributed by atoms with Crippen LogP contribution in [0.25, 0.3) is 5.69 Å². The number of ether oxygens (including phenoxy) is 1. The van der Waals surface area contributed by atoms with Gasteiger partial charge in [-0.05, 0) is 60.9 Å². The molecule has 26 heavy (non-hydrogen) atoms. The molecule has 134 valence electrons. The smallest absolute Gasteiger partial charge is 0.319 e. The van der Waals surface area contributed by atoms with Crippen LogP contribution in [0.3, 0.4) is 0 Å². The molecule has 1 aromatic heterocycles. The number of carbonyl (C=O) groups excluding carboxylic acids is 1. The highest BCUT2D eigenvalue weighted by Gasteiger charge is 2.04. The van der Waals surface area contributed by atoms with Gasteiger partial charge in [-0.2, -0.15) is 5.10 Å². The Morgan fingerprint density at radius 1 is 1.19 bits per heavy atom. The lowest BCUT2D eigenvalue weighted by Gasteiger charge is -2.10. The second kappa shape index (κ2) is 8.20. The van der Waals surface area contributed by atoms with Crippen LogP contribution in [0.5, 0.6) is 5.75 Å². The van der Waals surface area contributed by atoms with Gasteiger partial charge in [0, 0.05) is 24.6 Å². The highest BCUT2D eigenvalue weighted by atomic mass is 16.5. The van der Waals surface area contributed by atoms with E-state index in [0.717, 1.165) is 34.7 Å². The Bertz CT molecular complexity index is 858. The first kappa shape index (κ1) is 17.5. The Labute approximate surface area is 152 Å². The number of rotatable bonds is 6. The summed E-state index contributed by atoms with van der Waals surface area (Å²) in [6.45, 7) is 2.50. The van der Waals surface area contributed by atoms with Gasteiger partial charge in [-0.15, -0.1) is 0 Å². The van der Waals surface area contributed by atoms with E-state index in [1.54, 1.807) is 13.3 Å². The number of aromatic nitrogens is 2. The van der Waals surface area contributed by atoms with Crippen LogP contribution in [0.15, 0.2) is 60.9 Å². The van der Waals surface area contributed by atoms with Crippen molar-refractivity contribution in [1.82, 2.24) is 15.1 Å². The van der Waals surface area contributed by atoms with E-state index in [1.807, 2.05) is 66.3 Å². The molecule has 0 saturated carbocycles. The number of anilines is 1. The van der Waals surface area contributed by atoms with Crippen molar-refractivity contribution in [2.75, 3.05) is 19.0 Å². The largest absolute Gasteiger partial charge is 0.496 e. The summed E-state index contributed by atoms with van der Waals surface area (Å²) < 4.78 is 7.03. The first-order valence-corrected chi connectivity index (χ1v) is 8.44. The Morgan fingerprint density at radius 2 is 2.00 bits per heavy atom. The van der Waals surface area contributed by atoms with Gasteiger partial charge < -0.3 is 15.4 Å². The quantitative estimate of drug-likeness (QED) is 0.714. The van der Waals surface area contributed by atoms with Crippen molar-refractivity contribution in [2.24, 2.45) is 0 Å². The fraction of sp³-hybridized carbons (Fsp3) is 0.200. The van der Waals surface area contributed by atoms with Crippen LogP contribution in [-0.2, 0) is 6.42 Å². The number of hydrogen-bond acceptors (Lipinski definition) is 3. The van der Waals surface area contributed by atoms with Crippen molar-refractivity contribution in [1.29, 1.82) is 0 Å². The molecule has 1 heterocycles. The molecule has 2 amide bonds. The van der Waals surface area contributed by atoms with E-state index in [1.165, 1.54) is 0 Å². The topological polar surface area (TPSA) is 68.2 Å². The van der Waals surface area contributed by atoms with Crippen LogP contribution >= 0.6 is 0 Å². The normalized spacial score (nSPS) is 10.4. The summed E-state index contributed by atoms with van der Waals surface area (Å²) in [5, 5.41) is 9.90. The van der Waals surface area contributed by atoms with Crippen LogP contribution < -0.4 is 15.4 Å². The summed E-state index contributed by atoms with van der Waals surface area (Å²) in [7, 11) is 1.63. The van der Waals surface area contributed by atoms with Crippen molar-refractivity contribution in [3.63, 3.8) is 0 Å². The van der Waals surface area contributed by atoms with Gasteiger partial charge in [0.25, 0.3) is 0 Å². The molecular weight excluding hydrogens is 328 g/mol. The highest BCUT2D eigenvalue weighted by Crippen LogP contribution is 2.21. The molecule has 0 unspecified atom stereocenters. The van der Waals surface area contributed by atoms with Gasteiger partial charge in [0.05, 0.1) is 12.8 Å². The Kier molecular flexibility index (Phi) is 5.53. The van der Waals surface area contributed by atoms with Crippen LogP contribution in [0.4, 0.5) is 10.5 Å². The molecule has 6 heteroatoms. The molecule has 2 aromatic carbocycles. The van der Waals surface area contributed by atoms with Crippen molar-refractivity contribution >= 4 is 11.7 Å². The van der Waals surface area contributed by atoms with Crippen LogP contribution in [-0.4, -0.2) is 29.5 Å². The summed E-state index contributed by atoms with van der Waals surface area (Å²) in [5.74, 6) is 0.800. The van der Waals surface area contributed by atoms with Crippen molar-refractivity contribution in [2.45, 2.75) is 13.3 Å². The van der Waals surface area contributed by atoms with E-state index in [4.69, 9.17) is 4.74 Å². The van der Waals surface area contributed by atoms with E-state index in [2.05, 4.69) is 15.7 Å². The van der Waals surface area contributed by atoms with Crippen LogP contribution in [0, 0.1) is 6.92 Å². The third kappa shape index (κ3) is 4.42. The Morgan fingerprint density at radius 3 is 2.65 bits per heavy atom. The molecule has 3 rings (SSSR count). The number of aryl methyl sites for hydroxylation is 1. The molecule has 0 aliphatic heterocycles. The molecule has 0 aliphatic carbocycles. The average Bonchev–Trinajstić information content (AvgIpc) is 3.17. The number of urea groups is 1. The summed E-state index contributed by atoms with van der Waals surface area (Å²) in [5.41, 5.74) is 3.88. The second-order valence-corrected chi connectivity index (χ2v) is 5.93. The van der Waals surface area contributed by atoms with Crippen molar-refractivity contribution < 1.29 is 9.53 Å². The molecule has 0 aliphatic rings.